The van der Waals surface area contributed by atoms with E-state index in [4.69, 9.17) is 5.14 Å². The van der Waals surface area contributed by atoms with Gasteiger partial charge in [0, 0.05) is 38.0 Å². The van der Waals surface area contributed by atoms with E-state index >= 15 is 0 Å². The highest BCUT2D eigenvalue weighted by atomic mass is 32.2. The predicted molar refractivity (Wildman–Crippen MR) is 179 cm³/mol. The molecular weight excluding hydrogens is 635 g/mol. The highest BCUT2D eigenvalue weighted by Crippen LogP contribution is 2.35. The molecule has 46 heavy (non-hydrogen) atoms. The van der Waals surface area contributed by atoms with Crippen LogP contribution in [0.1, 0.15) is 105 Å². The maximum absolute atomic E-state index is 13.9. The summed E-state index contributed by atoms with van der Waals surface area (Å²) in [6.07, 6.45) is 3.89. The number of carbonyl (C=O) groups is 2. The molecule has 0 aromatic rings. The van der Waals surface area contributed by atoms with Gasteiger partial charge in [0.2, 0.25) is 31.9 Å². The number of primary sulfonamides is 1. The van der Waals surface area contributed by atoms with Crippen molar-refractivity contribution in [2.24, 2.45) is 28.8 Å². The van der Waals surface area contributed by atoms with Gasteiger partial charge in [-0.1, -0.05) is 34.6 Å². The molecular formula is C31H61N5O8S2. The summed E-state index contributed by atoms with van der Waals surface area (Å²) in [5, 5.41) is 30.5. The minimum Gasteiger partial charge on any atom is -0.393 e. The van der Waals surface area contributed by atoms with E-state index in [2.05, 4.69) is 10.1 Å². The largest absolute Gasteiger partial charge is 0.393 e. The van der Waals surface area contributed by atoms with E-state index in [1.165, 1.54) is 5.01 Å². The molecule has 0 spiro atoms. The first kappa shape index (κ1) is 40.8. The van der Waals surface area contributed by atoms with Crippen LogP contribution in [0.15, 0.2) is 0 Å². The standard InChI is InChI=1S/C31H61N5O8S2/c1-6-13-35(14-7-2)31(40)25-17-24(18-27(19-25)46(32,43)44)30(39)33-28(16-23-9-11-26(37)12-10-23)29(38)20-36(15-8-3)34-45(41,42)21-22(4)5/h22-29,34,37-38H,6-21H2,1-5H3,(H,33,39)(H2,32,43,44). The molecule has 0 heterocycles. The van der Waals surface area contributed by atoms with Crippen molar-refractivity contribution >= 4 is 31.9 Å². The van der Waals surface area contributed by atoms with E-state index in [9.17, 15) is 36.6 Å². The third-order valence-electron chi connectivity index (χ3n) is 9.06. The number of nitrogens with zero attached hydrogens (tertiary/aromatic N) is 2. The number of aliphatic hydroxyl groups is 2. The minimum absolute atomic E-state index is 0.0224. The number of hydrazine groups is 1. The molecule has 2 rings (SSSR count). The number of hydrogen-bond acceptors (Lipinski definition) is 9. The Morgan fingerprint density at radius 3 is 1.98 bits per heavy atom. The van der Waals surface area contributed by atoms with Crippen LogP contribution in [-0.4, -0.2) is 104 Å². The lowest BCUT2D eigenvalue weighted by atomic mass is 9.79. The lowest BCUT2D eigenvalue weighted by Crippen LogP contribution is -2.55. The van der Waals surface area contributed by atoms with Gasteiger partial charge >= 0.3 is 0 Å². The Kier molecular flexibility index (Phi) is 16.8. The maximum Gasteiger partial charge on any atom is 0.225 e. The Labute approximate surface area is 277 Å². The van der Waals surface area contributed by atoms with E-state index in [1.54, 1.807) is 18.7 Å². The molecule has 2 aliphatic rings. The summed E-state index contributed by atoms with van der Waals surface area (Å²) in [7, 11) is -7.68. The molecule has 6 N–H and O–H groups in total. The zero-order valence-electron chi connectivity index (χ0n) is 28.6. The smallest absolute Gasteiger partial charge is 0.225 e. The number of aliphatic hydroxyl groups excluding tert-OH is 2. The fraction of sp³-hybridized carbons (Fsp3) is 0.935. The molecule has 5 atom stereocenters. The molecule has 13 nitrogen and oxygen atoms in total. The van der Waals surface area contributed by atoms with E-state index in [0.29, 0.717) is 45.3 Å². The second-order valence-corrected chi connectivity index (χ2v) is 17.5. The van der Waals surface area contributed by atoms with Crippen molar-refractivity contribution in [2.75, 3.05) is 31.9 Å². The Hall–Kier alpha value is -1.36. The number of rotatable bonds is 19. The summed E-state index contributed by atoms with van der Waals surface area (Å²) in [6, 6.07) is -0.762. The van der Waals surface area contributed by atoms with Crippen LogP contribution in [0.5, 0.6) is 0 Å². The summed E-state index contributed by atoms with van der Waals surface area (Å²) < 4.78 is 50.5. The van der Waals surface area contributed by atoms with Gasteiger partial charge < -0.3 is 20.4 Å². The second kappa shape index (κ2) is 19.0. The molecule has 0 saturated heterocycles. The molecule has 15 heteroatoms. The summed E-state index contributed by atoms with van der Waals surface area (Å²) in [5.74, 6) is -2.16. The topological polar surface area (TPSA) is 199 Å². The fourth-order valence-electron chi connectivity index (χ4n) is 6.90. The van der Waals surface area contributed by atoms with Crippen LogP contribution >= 0.6 is 0 Å². The van der Waals surface area contributed by atoms with Gasteiger partial charge in [0.15, 0.2) is 0 Å². The molecule has 0 radical (unpaired) electrons. The number of nitrogens with one attached hydrogen (secondary N) is 2. The van der Waals surface area contributed by atoms with Crippen molar-refractivity contribution in [1.29, 1.82) is 0 Å². The maximum atomic E-state index is 13.9. The van der Waals surface area contributed by atoms with Crippen LogP contribution in [0.25, 0.3) is 0 Å². The number of nitrogens with two attached hydrogens (primary N) is 1. The Bertz CT molecular complexity index is 1160. The first-order valence-corrected chi connectivity index (χ1v) is 20.5. The molecule has 0 aromatic carbocycles. The van der Waals surface area contributed by atoms with Crippen LogP contribution in [0, 0.1) is 23.7 Å². The van der Waals surface area contributed by atoms with E-state index < -0.39 is 55.2 Å². The predicted octanol–water partition coefficient (Wildman–Crippen LogP) is 1.70. The Morgan fingerprint density at radius 2 is 1.46 bits per heavy atom. The van der Waals surface area contributed by atoms with Gasteiger partial charge in [-0.15, -0.1) is 4.83 Å². The number of amides is 2. The van der Waals surface area contributed by atoms with Crippen molar-refractivity contribution in [3.63, 3.8) is 0 Å². The Morgan fingerprint density at radius 1 is 0.891 bits per heavy atom. The van der Waals surface area contributed by atoms with Crippen molar-refractivity contribution in [1.82, 2.24) is 20.1 Å². The van der Waals surface area contributed by atoms with E-state index in [0.717, 1.165) is 25.7 Å². The van der Waals surface area contributed by atoms with Crippen LogP contribution in [0.2, 0.25) is 0 Å². The van der Waals surface area contributed by atoms with Crippen molar-refractivity contribution in [3.8, 4) is 0 Å². The van der Waals surface area contributed by atoms with Crippen molar-refractivity contribution in [2.45, 2.75) is 129 Å². The Balaban J connectivity index is 2.31. The number of carbonyl (C=O) groups excluding carboxylic acids is 2. The van der Waals surface area contributed by atoms with Crippen LogP contribution in [-0.2, 0) is 29.6 Å². The number of sulfonamides is 2. The van der Waals surface area contributed by atoms with Crippen LogP contribution in [0.4, 0.5) is 0 Å². The van der Waals surface area contributed by atoms with Gasteiger partial charge in [0.25, 0.3) is 0 Å². The zero-order valence-corrected chi connectivity index (χ0v) is 30.2. The molecule has 0 aliphatic heterocycles. The summed E-state index contributed by atoms with van der Waals surface area (Å²) >= 11 is 0. The van der Waals surface area contributed by atoms with Crippen LogP contribution < -0.4 is 15.3 Å². The number of hydrogen-bond donors (Lipinski definition) is 5. The molecule has 270 valence electrons. The van der Waals surface area contributed by atoms with Gasteiger partial charge in [0.05, 0.1) is 29.3 Å². The third kappa shape index (κ3) is 13.6. The molecule has 2 aliphatic carbocycles. The average Bonchev–Trinajstić information content (AvgIpc) is 2.95. The monoisotopic (exact) mass is 695 g/mol. The first-order chi connectivity index (χ1) is 21.5. The second-order valence-electron chi connectivity index (χ2n) is 13.9. The molecule has 5 unspecified atom stereocenters. The SMILES string of the molecule is CCCN(CC(O)C(CC1CCC(O)CC1)NC(=O)C1CC(C(=O)N(CCC)CCC)CC(S(N)(=O)=O)C1)NS(=O)(=O)CC(C)C. The van der Waals surface area contributed by atoms with E-state index in [1.807, 2.05) is 20.8 Å². The lowest BCUT2D eigenvalue weighted by Gasteiger charge is -2.37. The molecule has 0 bridgehead atoms. The van der Waals surface area contributed by atoms with Gasteiger partial charge in [-0.3, -0.25) is 9.59 Å². The molecule has 2 amide bonds. The van der Waals surface area contributed by atoms with Crippen LogP contribution in [0.3, 0.4) is 0 Å². The quantitative estimate of drug-likeness (QED) is 0.125. The zero-order chi connectivity index (χ0) is 34.7. The fourth-order valence-corrected chi connectivity index (χ4v) is 9.42. The third-order valence-corrected chi connectivity index (χ3v) is 12.0. The molecule has 2 saturated carbocycles. The van der Waals surface area contributed by atoms with E-state index in [-0.39, 0.29) is 55.4 Å². The first-order valence-electron chi connectivity index (χ1n) is 17.2. The van der Waals surface area contributed by atoms with Gasteiger partial charge in [-0.05, 0) is 82.5 Å². The normalized spacial score (nSPS) is 25.7. The van der Waals surface area contributed by atoms with Gasteiger partial charge in [0.1, 0.15) is 0 Å². The summed E-state index contributed by atoms with van der Waals surface area (Å²) in [5.41, 5.74) is 0. The van der Waals surface area contributed by atoms with Gasteiger partial charge in [-0.2, -0.15) is 0 Å². The van der Waals surface area contributed by atoms with Gasteiger partial charge in [-0.25, -0.2) is 27.0 Å². The van der Waals surface area contributed by atoms with Crippen molar-refractivity contribution < 1.29 is 36.6 Å². The minimum atomic E-state index is -4.03. The highest BCUT2D eigenvalue weighted by molar-refractivity contribution is 7.89. The molecule has 0 aromatic heterocycles. The lowest BCUT2D eigenvalue weighted by molar-refractivity contribution is -0.138. The highest BCUT2D eigenvalue weighted by Gasteiger charge is 2.42. The molecule has 2 fully saturated rings. The summed E-state index contributed by atoms with van der Waals surface area (Å²) in [4.78, 5) is 31.7. The average molecular weight is 696 g/mol. The van der Waals surface area contributed by atoms with Crippen molar-refractivity contribution in [3.05, 3.63) is 0 Å². The summed E-state index contributed by atoms with van der Waals surface area (Å²) in [6.45, 7) is 10.8.